The van der Waals surface area contributed by atoms with E-state index >= 15 is 0 Å². The van der Waals surface area contributed by atoms with Crippen LogP contribution in [0.5, 0.6) is 0 Å². The molecule has 0 amide bonds. The second-order valence-electron chi connectivity index (χ2n) is 11.9. The van der Waals surface area contributed by atoms with E-state index in [1.54, 1.807) is 0 Å². The molecule has 5 unspecified atom stereocenters. The van der Waals surface area contributed by atoms with Crippen molar-refractivity contribution in [1.82, 2.24) is 0 Å². The topological polar surface area (TPSA) is 0 Å². The fraction of sp³-hybridized carbons (Fsp3) is 0.793. The lowest BCUT2D eigenvalue weighted by molar-refractivity contribution is 0.0530. The molecular formula is C29H41F3. The van der Waals surface area contributed by atoms with Crippen LogP contribution in [0.15, 0.2) is 6.07 Å². The van der Waals surface area contributed by atoms with Crippen LogP contribution in [0, 0.1) is 58.9 Å². The standard InChI is InChI=1S/C29H41F3/c1-2-3-18-4-5-24-15-22(11-10-21(24)14-18)19-6-8-20(9-7-19)23-12-13-26-25(16-23)17-27(30)29(32)28(26)31/h17-24H,2-16H2,1H3. The zero-order valence-corrected chi connectivity index (χ0v) is 19.9. The predicted octanol–water partition coefficient (Wildman–Crippen LogP) is 8.65. The van der Waals surface area contributed by atoms with Crippen molar-refractivity contribution >= 4 is 0 Å². The summed E-state index contributed by atoms with van der Waals surface area (Å²) in [4.78, 5) is 0. The Morgan fingerprint density at radius 3 is 2.00 bits per heavy atom. The molecule has 0 nitrogen and oxygen atoms in total. The van der Waals surface area contributed by atoms with Crippen LogP contribution >= 0.6 is 0 Å². The Labute approximate surface area is 192 Å². The highest BCUT2D eigenvalue weighted by atomic mass is 19.2. The van der Waals surface area contributed by atoms with Gasteiger partial charge in [-0.1, -0.05) is 26.2 Å². The zero-order valence-electron chi connectivity index (χ0n) is 19.9. The Morgan fingerprint density at radius 2 is 1.28 bits per heavy atom. The molecule has 0 bridgehead atoms. The van der Waals surface area contributed by atoms with Crippen molar-refractivity contribution in [2.75, 3.05) is 0 Å². The average Bonchev–Trinajstić information content (AvgIpc) is 2.82. The van der Waals surface area contributed by atoms with Crippen LogP contribution in [0.4, 0.5) is 13.2 Å². The molecule has 0 spiro atoms. The molecule has 0 aliphatic heterocycles. The summed E-state index contributed by atoms with van der Waals surface area (Å²) in [6.07, 6.45) is 19.1. The Bertz CT molecular complexity index is 794. The van der Waals surface area contributed by atoms with Crippen LogP contribution in [0.2, 0.25) is 0 Å². The highest BCUT2D eigenvalue weighted by molar-refractivity contribution is 5.33. The minimum Gasteiger partial charge on any atom is -0.204 e. The molecule has 0 radical (unpaired) electrons. The van der Waals surface area contributed by atoms with E-state index in [1.165, 1.54) is 83.1 Å². The van der Waals surface area contributed by atoms with Crippen molar-refractivity contribution in [3.63, 3.8) is 0 Å². The van der Waals surface area contributed by atoms with Gasteiger partial charge in [-0.25, -0.2) is 13.2 Å². The molecular weight excluding hydrogens is 405 g/mol. The third-order valence-corrected chi connectivity index (χ3v) is 10.2. The molecule has 3 fully saturated rings. The van der Waals surface area contributed by atoms with Crippen LogP contribution in [-0.2, 0) is 12.8 Å². The molecule has 178 valence electrons. The Morgan fingerprint density at radius 1 is 0.688 bits per heavy atom. The van der Waals surface area contributed by atoms with Gasteiger partial charge in [0.1, 0.15) is 0 Å². The lowest BCUT2D eigenvalue weighted by Gasteiger charge is -2.46. The van der Waals surface area contributed by atoms with Crippen molar-refractivity contribution in [2.45, 2.75) is 103 Å². The summed E-state index contributed by atoms with van der Waals surface area (Å²) in [6.45, 7) is 2.34. The van der Waals surface area contributed by atoms with Gasteiger partial charge in [0, 0.05) is 0 Å². The average molecular weight is 447 g/mol. The minimum atomic E-state index is -1.30. The first-order chi connectivity index (χ1) is 15.5. The van der Waals surface area contributed by atoms with E-state index in [4.69, 9.17) is 0 Å². The summed E-state index contributed by atoms with van der Waals surface area (Å²) in [5, 5.41) is 0. The Kier molecular flexibility index (Phi) is 6.91. The maximum atomic E-state index is 14.1. The van der Waals surface area contributed by atoms with E-state index in [-0.39, 0.29) is 0 Å². The van der Waals surface area contributed by atoms with Crippen LogP contribution < -0.4 is 0 Å². The van der Waals surface area contributed by atoms with Crippen LogP contribution in [0.25, 0.3) is 0 Å². The highest BCUT2D eigenvalue weighted by Gasteiger charge is 2.39. The Hall–Kier alpha value is -0.990. The summed E-state index contributed by atoms with van der Waals surface area (Å²) in [5.41, 5.74) is 1.15. The van der Waals surface area contributed by atoms with Gasteiger partial charge in [-0.2, -0.15) is 0 Å². The van der Waals surface area contributed by atoms with Crippen molar-refractivity contribution < 1.29 is 13.2 Å². The fourth-order valence-corrected chi connectivity index (χ4v) is 8.46. The molecule has 1 aromatic rings. The molecule has 0 saturated heterocycles. The largest absolute Gasteiger partial charge is 0.204 e. The van der Waals surface area contributed by atoms with Gasteiger partial charge >= 0.3 is 0 Å². The normalized spacial score (nSPS) is 37.6. The molecule has 32 heavy (non-hydrogen) atoms. The van der Waals surface area contributed by atoms with Gasteiger partial charge in [0.2, 0.25) is 0 Å². The SMILES string of the molecule is CCCC1CCC2CC(C3CCC(C4CCc5c(cc(F)c(F)c5F)C4)CC3)CCC2C1. The van der Waals surface area contributed by atoms with Crippen molar-refractivity contribution in [3.8, 4) is 0 Å². The summed E-state index contributed by atoms with van der Waals surface area (Å²) < 4.78 is 41.5. The Balaban J connectivity index is 1.13. The van der Waals surface area contributed by atoms with E-state index < -0.39 is 17.5 Å². The summed E-state index contributed by atoms with van der Waals surface area (Å²) in [6, 6.07) is 1.26. The lowest BCUT2D eigenvalue weighted by Crippen LogP contribution is -2.35. The molecule has 1 aromatic carbocycles. The number of hydrogen-bond donors (Lipinski definition) is 0. The monoisotopic (exact) mass is 446 g/mol. The van der Waals surface area contributed by atoms with Crippen LogP contribution in [0.3, 0.4) is 0 Å². The van der Waals surface area contributed by atoms with E-state index in [2.05, 4.69) is 6.92 Å². The maximum Gasteiger partial charge on any atom is 0.194 e. The summed E-state index contributed by atoms with van der Waals surface area (Å²) in [7, 11) is 0. The smallest absolute Gasteiger partial charge is 0.194 e. The number of halogens is 3. The van der Waals surface area contributed by atoms with Crippen LogP contribution in [-0.4, -0.2) is 0 Å². The number of benzene rings is 1. The summed E-state index contributed by atoms with van der Waals surface area (Å²) >= 11 is 0. The maximum absolute atomic E-state index is 14.1. The minimum absolute atomic E-state index is 0.430. The molecule has 0 N–H and O–H groups in total. The van der Waals surface area contributed by atoms with Crippen molar-refractivity contribution in [3.05, 3.63) is 34.6 Å². The van der Waals surface area contributed by atoms with Gasteiger partial charge in [-0.15, -0.1) is 0 Å². The second kappa shape index (κ2) is 9.71. The van der Waals surface area contributed by atoms with E-state index in [9.17, 15) is 13.2 Å². The lowest BCUT2D eigenvalue weighted by atomic mass is 9.60. The quantitative estimate of drug-likeness (QED) is 0.406. The van der Waals surface area contributed by atoms with E-state index in [0.29, 0.717) is 23.8 Å². The van der Waals surface area contributed by atoms with Gasteiger partial charge < -0.3 is 0 Å². The summed E-state index contributed by atoms with van der Waals surface area (Å²) in [5.74, 6) is 2.79. The molecule has 3 saturated carbocycles. The highest BCUT2D eigenvalue weighted by Crippen LogP contribution is 2.50. The molecule has 4 aliphatic rings. The first kappa shape index (κ1) is 22.8. The predicted molar refractivity (Wildman–Crippen MR) is 124 cm³/mol. The van der Waals surface area contributed by atoms with Crippen molar-refractivity contribution in [2.24, 2.45) is 41.4 Å². The first-order valence-electron chi connectivity index (χ1n) is 13.7. The zero-order chi connectivity index (χ0) is 22.2. The third-order valence-electron chi connectivity index (χ3n) is 10.2. The van der Waals surface area contributed by atoms with Gasteiger partial charge in [-0.05, 0) is 136 Å². The molecule has 0 aromatic heterocycles. The number of fused-ring (bicyclic) bond motifs is 2. The molecule has 0 heterocycles. The molecule has 4 aliphatic carbocycles. The third kappa shape index (κ3) is 4.51. The van der Waals surface area contributed by atoms with Crippen molar-refractivity contribution in [1.29, 1.82) is 0 Å². The number of rotatable bonds is 4. The molecule has 3 heteroatoms. The van der Waals surface area contributed by atoms with Gasteiger partial charge in [0.25, 0.3) is 0 Å². The first-order valence-corrected chi connectivity index (χ1v) is 13.7. The fourth-order valence-electron chi connectivity index (χ4n) is 8.46. The van der Waals surface area contributed by atoms with E-state index in [1.807, 2.05) is 0 Å². The van der Waals surface area contributed by atoms with Crippen LogP contribution in [0.1, 0.15) is 102 Å². The van der Waals surface area contributed by atoms with E-state index in [0.717, 1.165) is 48.0 Å². The van der Waals surface area contributed by atoms with Gasteiger partial charge in [-0.3, -0.25) is 0 Å². The number of hydrogen-bond acceptors (Lipinski definition) is 0. The molecule has 5 atom stereocenters. The van der Waals surface area contributed by atoms with Gasteiger partial charge in [0.15, 0.2) is 17.5 Å². The molecule has 5 rings (SSSR count). The second-order valence-corrected chi connectivity index (χ2v) is 11.9. The van der Waals surface area contributed by atoms with Gasteiger partial charge in [0.05, 0.1) is 0 Å².